The minimum absolute atomic E-state index is 0.313. The minimum atomic E-state index is -0.991. The molecule has 0 saturated carbocycles. The van der Waals surface area contributed by atoms with Gasteiger partial charge in [0, 0.05) is 18.4 Å². The van der Waals surface area contributed by atoms with Crippen LogP contribution in [0.4, 0.5) is 0 Å². The van der Waals surface area contributed by atoms with Crippen molar-refractivity contribution in [1.29, 1.82) is 0 Å². The zero-order chi connectivity index (χ0) is 14.7. The Labute approximate surface area is 115 Å². The smallest absolute Gasteiger partial charge is 0.327 e. The quantitative estimate of drug-likeness (QED) is 0.385. The molecule has 0 aliphatic rings. The average Bonchev–Trinajstić information content (AvgIpc) is 2.27. The predicted octanol–water partition coefficient (Wildman–Crippen LogP) is -1.33. The van der Waals surface area contributed by atoms with E-state index in [9.17, 15) is 14.4 Å². The van der Waals surface area contributed by atoms with Crippen LogP contribution in [0.5, 0.6) is 0 Å². The summed E-state index contributed by atoms with van der Waals surface area (Å²) in [5.41, 5.74) is 9.80. The van der Waals surface area contributed by atoms with E-state index in [4.69, 9.17) is 16.6 Å². The zero-order valence-electron chi connectivity index (χ0n) is 10.3. The third kappa shape index (κ3) is 11.6. The van der Waals surface area contributed by atoms with Gasteiger partial charge in [-0.3, -0.25) is 9.59 Å². The molecule has 9 heteroatoms. The molecule has 7 nitrogen and oxygen atoms in total. The van der Waals surface area contributed by atoms with Crippen molar-refractivity contribution in [2.75, 3.05) is 17.8 Å². The fourth-order valence-electron chi connectivity index (χ4n) is 0.677. The summed E-state index contributed by atoms with van der Waals surface area (Å²) in [6, 6.07) is -1.36. The number of carboxylic acids is 1. The molecule has 0 spiro atoms. The molecule has 0 aromatic rings. The Kier molecular flexibility index (Phi) is 12.1. The van der Waals surface area contributed by atoms with E-state index in [1.165, 1.54) is 18.7 Å². The summed E-state index contributed by atoms with van der Waals surface area (Å²) in [5, 5.41) is 10.8. The summed E-state index contributed by atoms with van der Waals surface area (Å²) in [6.07, 6.45) is 1.79. The fourth-order valence-corrected chi connectivity index (χ4v) is 1.42. The molecule has 0 rings (SSSR count). The van der Waals surface area contributed by atoms with Gasteiger partial charge in [-0.05, 0) is 6.26 Å². The standard InChI is InChI=1S/C6H11NO3S.C3H8N2OS/c1-4(8)7-5(3-11-2)6(9)10;4-2(1-7)3(5)6/h5H,3H2,1-2H3,(H,7,8)(H,9,10);2,7H,1,4H2,(H2,5,6). The maximum absolute atomic E-state index is 10.4. The number of amides is 2. The normalized spacial score (nSPS) is 12.7. The summed E-state index contributed by atoms with van der Waals surface area (Å²) in [6.45, 7) is 1.30. The molecule has 0 heterocycles. The van der Waals surface area contributed by atoms with Crippen LogP contribution >= 0.6 is 24.4 Å². The van der Waals surface area contributed by atoms with Gasteiger partial charge in [-0.1, -0.05) is 0 Å². The number of carbonyl (C=O) groups excluding carboxylic acids is 2. The summed E-state index contributed by atoms with van der Waals surface area (Å²) < 4.78 is 0. The molecule has 6 N–H and O–H groups in total. The molecule has 2 atom stereocenters. The highest BCUT2D eigenvalue weighted by Gasteiger charge is 2.16. The maximum Gasteiger partial charge on any atom is 0.327 e. The lowest BCUT2D eigenvalue weighted by atomic mass is 10.3. The van der Waals surface area contributed by atoms with Crippen LogP contribution < -0.4 is 16.8 Å². The number of thioether (sulfide) groups is 1. The van der Waals surface area contributed by atoms with Crippen LogP contribution in [-0.2, 0) is 14.4 Å². The lowest BCUT2D eigenvalue weighted by molar-refractivity contribution is -0.140. The molecule has 0 radical (unpaired) electrons. The first-order chi connectivity index (χ1) is 8.26. The highest BCUT2D eigenvalue weighted by molar-refractivity contribution is 7.98. The minimum Gasteiger partial charge on any atom is -0.480 e. The molecular formula is C9H19N3O4S2. The lowest BCUT2D eigenvalue weighted by Gasteiger charge is -2.10. The summed E-state index contributed by atoms with van der Waals surface area (Å²) >= 11 is 5.11. The van der Waals surface area contributed by atoms with Gasteiger partial charge in [-0.15, -0.1) is 0 Å². The zero-order valence-corrected chi connectivity index (χ0v) is 12.0. The third-order valence-corrected chi connectivity index (χ3v) is 2.63. The van der Waals surface area contributed by atoms with Crippen LogP contribution in [0.15, 0.2) is 0 Å². The van der Waals surface area contributed by atoms with E-state index >= 15 is 0 Å². The molecule has 0 aliphatic carbocycles. The van der Waals surface area contributed by atoms with Crippen molar-refractivity contribution < 1.29 is 19.5 Å². The van der Waals surface area contributed by atoms with Gasteiger partial charge in [-0.2, -0.15) is 24.4 Å². The third-order valence-electron chi connectivity index (χ3n) is 1.57. The molecule has 0 saturated heterocycles. The van der Waals surface area contributed by atoms with Gasteiger partial charge in [-0.25, -0.2) is 4.79 Å². The number of rotatable bonds is 6. The van der Waals surface area contributed by atoms with Crippen LogP contribution in [0.2, 0.25) is 0 Å². The predicted molar refractivity (Wildman–Crippen MR) is 74.6 cm³/mol. The van der Waals surface area contributed by atoms with Crippen LogP contribution in [-0.4, -0.2) is 52.7 Å². The molecule has 0 aromatic carbocycles. The number of hydrogen-bond acceptors (Lipinski definition) is 6. The molecule has 0 fully saturated rings. The Morgan fingerprint density at radius 3 is 2.11 bits per heavy atom. The van der Waals surface area contributed by atoms with Crippen molar-refractivity contribution in [3.63, 3.8) is 0 Å². The van der Waals surface area contributed by atoms with Crippen molar-refractivity contribution in [1.82, 2.24) is 5.32 Å². The number of carbonyl (C=O) groups is 3. The molecular weight excluding hydrogens is 278 g/mol. The highest BCUT2D eigenvalue weighted by atomic mass is 32.2. The number of nitrogens with two attached hydrogens (primary N) is 2. The fraction of sp³-hybridized carbons (Fsp3) is 0.667. The van der Waals surface area contributed by atoms with E-state index in [-0.39, 0.29) is 5.91 Å². The van der Waals surface area contributed by atoms with Crippen LogP contribution in [0.3, 0.4) is 0 Å². The van der Waals surface area contributed by atoms with Gasteiger partial charge >= 0.3 is 5.97 Å². The molecule has 106 valence electrons. The summed E-state index contributed by atoms with van der Waals surface area (Å²) in [7, 11) is 0. The highest BCUT2D eigenvalue weighted by Crippen LogP contribution is 1.96. The van der Waals surface area contributed by atoms with Gasteiger partial charge in [0.25, 0.3) is 0 Å². The lowest BCUT2D eigenvalue weighted by Crippen LogP contribution is -2.41. The second-order valence-electron chi connectivity index (χ2n) is 3.24. The number of nitrogens with one attached hydrogen (secondary N) is 1. The molecule has 2 unspecified atom stereocenters. The Morgan fingerprint density at radius 2 is 1.94 bits per heavy atom. The second kappa shape index (κ2) is 11.2. The van der Waals surface area contributed by atoms with Crippen molar-refractivity contribution in [2.45, 2.75) is 19.0 Å². The van der Waals surface area contributed by atoms with E-state index in [0.29, 0.717) is 11.5 Å². The van der Waals surface area contributed by atoms with Crippen LogP contribution in [0.1, 0.15) is 6.92 Å². The second-order valence-corrected chi connectivity index (χ2v) is 4.51. The topological polar surface area (TPSA) is 136 Å². The van der Waals surface area contributed by atoms with Crippen LogP contribution in [0, 0.1) is 0 Å². The van der Waals surface area contributed by atoms with Gasteiger partial charge in [0.15, 0.2) is 0 Å². The van der Waals surface area contributed by atoms with Gasteiger partial charge in [0.1, 0.15) is 6.04 Å². The SMILES string of the molecule is CSCC(NC(C)=O)C(=O)O.NC(=O)C(N)CS. The van der Waals surface area contributed by atoms with Crippen molar-refractivity contribution in [3.8, 4) is 0 Å². The first-order valence-corrected chi connectivity index (χ1v) is 6.93. The number of carboxylic acid groups (broad SMARTS) is 1. The van der Waals surface area contributed by atoms with Gasteiger partial charge < -0.3 is 21.9 Å². The number of thiol groups is 1. The van der Waals surface area contributed by atoms with E-state index in [2.05, 4.69) is 17.9 Å². The Morgan fingerprint density at radius 1 is 1.44 bits per heavy atom. The number of primary amides is 1. The molecule has 0 aromatic heterocycles. The van der Waals surface area contributed by atoms with E-state index in [0.717, 1.165) is 0 Å². The molecule has 18 heavy (non-hydrogen) atoms. The molecule has 2 amide bonds. The average molecular weight is 297 g/mol. The van der Waals surface area contributed by atoms with E-state index in [1.807, 2.05) is 0 Å². The maximum atomic E-state index is 10.4. The number of aliphatic carboxylic acids is 1. The van der Waals surface area contributed by atoms with E-state index in [1.54, 1.807) is 6.26 Å². The molecule has 0 bridgehead atoms. The molecule has 0 aliphatic heterocycles. The number of hydrogen-bond donors (Lipinski definition) is 5. The largest absolute Gasteiger partial charge is 0.480 e. The van der Waals surface area contributed by atoms with Gasteiger partial charge in [0.2, 0.25) is 11.8 Å². The summed E-state index contributed by atoms with van der Waals surface area (Å²) in [5.74, 6) is -1.10. The van der Waals surface area contributed by atoms with Gasteiger partial charge in [0.05, 0.1) is 6.04 Å². The van der Waals surface area contributed by atoms with Crippen LogP contribution in [0.25, 0.3) is 0 Å². The monoisotopic (exact) mass is 297 g/mol. The summed E-state index contributed by atoms with van der Waals surface area (Å²) in [4.78, 5) is 30.8. The Bertz CT molecular complexity index is 289. The van der Waals surface area contributed by atoms with Crippen molar-refractivity contribution >= 4 is 42.2 Å². The first kappa shape index (κ1) is 19.4. The van der Waals surface area contributed by atoms with Crippen molar-refractivity contribution in [3.05, 3.63) is 0 Å². The first-order valence-electron chi connectivity index (χ1n) is 4.90. The Hall–Kier alpha value is -0.930. The Balaban J connectivity index is 0. The van der Waals surface area contributed by atoms with E-state index < -0.39 is 24.0 Å². The van der Waals surface area contributed by atoms with Crippen molar-refractivity contribution in [2.24, 2.45) is 11.5 Å².